The summed E-state index contributed by atoms with van der Waals surface area (Å²) in [5.74, 6) is 1.83. The fourth-order valence-electron chi connectivity index (χ4n) is 2.90. The quantitative estimate of drug-likeness (QED) is 0.678. The van der Waals surface area contributed by atoms with Crippen molar-refractivity contribution in [2.45, 2.75) is 71.3 Å². The van der Waals surface area contributed by atoms with Crippen molar-refractivity contribution in [2.75, 3.05) is 7.05 Å². The van der Waals surface area contributed by atoms with Crippen molar-refractivity contribution in [1.82, 2.24) is 5.32 Å². The molecule has 1 saturated carbocycles. The van der Waals surface area contributed by atoms with Crippen LogP contribution in [0.15, 0.2) is 0 Å². The number of hydrogen-bond donors (Lipinski definition) is 1. The molecular formula is C14H29N. The van der Waals surface area contributed by atoms with E-state index in [4.69, 9.17) is 0 Å². The molecule has 2 unspecified atom stereocenters. The molecule has 0 aromatic rings. The van der Waals surface area contributed by atoms with Gasteiger partial charge in [-0.2, -0.15) is 0 Å². The first kappa shape index (κ1) is 13.0. The van der Waals surface area contributed by atoms with Gasteiger partial charge in [0.05, 0.1) is 0 Å². The van der Waals surface area contributed by atoms with E-state index in [2.05, 4.69) is 26.2 Å². The fraction of sp³-hybridized carbons (Fsp3) is 1.00. The van der Waals surface area contributed by atoms with Gasteiger partial charge >= 0.3 is 0 Å². The van der Waals surface area contributed by atoms with Crippen LogP contribution in [-0.2, 0) is 0 Å². The lowest BCUT2D eigenvalue weighted by Gasteiger charge is -2.25. The maximum absolute atomic E-state index is 3.53. The summed E-state index contributed by atoms with van der Waals surface area (Å²) in [5, 5.41) is 3.53. The van der Waals surface area contributed by atoms with E-state index in [1.54, 1.807) is 0 Å². The van der Waals surface area contributed by atoms with E-state index < -0.39 is 0 Å². The van der Waals surface area contributed by atoms with Crippen LogP contribution in [0, 0.1) is 11.8 Å². The van der Waals surface area contributed by atoms with Gasteiger partial charge in [-0.3, -0.25) is 0 Å². The summed E-state index contributed by atoms with van der Waals surface area (Å²) in [6.45, 7) is 4.67. The molecule has 0 spiro atoms. The number of hydrogen-bond acceptors (Lipinski definition) is 1. The van der Waals surface area contributed by atoms with E-state index in [0.717, 1.165) is 17.9 Å². The maximum Gasteiger partial charge on any atom is 0.00923 e. The predicted octanol–water partition coefficient (Wildman–Crippen LogP) is 3.98. The molecule has 1 heteroatoms. The lowest BCUT2D eigenvalue weighted by atomic mass is 9.88. The summed E-state index contributed by atoms with van der Waals surface area (Å²) >= 11 is 0. The predicted molar refractivity (Wildman–Crippen MR) is 68.1 cm³/mol. The van der Waals surface area contributed by atoms with Crippen molar-refractivity contribution < 1.29 is 0 Å². The average molecular weight is 211 g/mol. The molecule has 0 aromatic heterocycles. The summed E-state index contributed by atoms with van der Waals surface area (Å²) < 4.78 is 0. The molecule has 0 radical (unpaired) electrons. The van der Waals surface area contributed by atoms with Crippen LogP contribution < -0.4 is 5.32 Å². The van der Waals surface area contributed by atoms with Crippen LogP contribution in [0.1, 0.15) is 65.2 Å². The average Bonchev–Trinajstić information content (AvgIpc) is 2.42. The summed E-state index contributed by atoms with van der Waals surface area (Å²) in [6.07, 6.45) is 11.5. The topological polar surface area (TPSA) is 12.0 Å². The lowest BCUT2D eigenvalue weighted by molar-refractivity contribution is 0.316. The largest absolute Gasteiger partial charge is 0.317 e. The number of nitrogens with one attached hydrogen (secondary N) is 1. The highest BCUT2D eigenvalue weighted by Gasteiger charge is 2.21. The standard InChI is InChI=1S/C14H29N/c1-12(2)8-7-10-13-9-5-4-6-11-14(13)15-3/h12-15H,4-11H2,1-3H3. The minimum atomic E-state index is 0.805. The third-order valence-corrected chi connectivity index (χ3v) is 3.89. The molecule has 1 aliphatic rings. The van der Waals surface area contributed by atoms with Gasteiger partial charge in [0, 0.05) is 6.04 Å². The molecule has 1 N–H and O–H groups in total. The summed E-state index contributed by atoms with van der Waals surface area (Å²) in [5.41, 5.74) is 0. The molecule has 1 aliphatic carbocycles. The van der Waals surface area contributed by atoms with Crippen LogP contribution in [-0.4, -0.2) is 13.1 Å². The minimum Gasteiger partial charge on any atom is -0.317 e. The van der Waals surface area contributed by atoms with E-state index in [1.807, 2.05) is 0 Å². The van der Waals surface area contributed by atoms with Crippen LogP contribution in [0.5, 0.6) is 0 Å². The molecule has 2 atom stereocenters. The van der Waals surface area contributed by atoms with Crippen molar-refractivity contribution in [3.8, 4) is 0 Å². The van der Waals surface area contributed by atoms with E-state index in [0.29, 0.717) is 0 Å². The molecule has 1 rings (SSSR count). The minimum absolute atomic E-state index is 0.805. The second-order valence-corrected chi connectivity index (χ2v) is 5.62. The molecule has 0 aromatic carbocycles. The lowest BCUT2D eigenvalue weighted by Crippen LogP contribution is -2.32. The van der Waals surface area contributed by atoms with Crippen molar-refractivity contribution >= 4 is 0 Å². The van der Waals surface area contributed by atoms with Gasteiger partial charge in [0.1, 0.15) is 0 Å². The molecule has 15 heavy (non-hydrogen) atoms. The summed E-state index contributed by atoms with van der Waals surface area (Å²) in [6, 6.07) is 0.805. The Labute approximate surface area is 96.0 Å². The Morgan fingerprint density at radius 3 is 2.53 bits per heavy atom. The zero-order valence-electron chi connectivity index (χ0n) is 10.9. The Morgan fingerprint density at radius 2 is 1.87 bits per heavy atom. The van der Waals surface area contributed by atoms with E-state index >= 15 is 0 Å². The van der Waals surface area contributed by atoms with Crippen molar-refractivity contribution in [3.63, 3.8) is 0 Å². The van der Waals surface area contributed by atoms with Gasteiger partial charge in [-0.25, -0.2) is 0 Å². The van der Waals surface area contributed by atoms with Gasteiger partial charge in [0.15, 0.2) is 0 Å². The van der Waals surface area contributed by atoms with Gasteiger partial charge in [-0.1, -0.05) is 46.0 Å². The van der Waals surface area contributed by atoms with Crippen LogP contribution >= 0.6 is 0 Å². The highest BCUT2D eigenvalue weighted by Crippen LogP contribution is 2.27. The van der Waals surface area contributed by atoms with Crippen LogP contribution in [0.25, 0.3) is 0 Å². The molecule has 1 nitrogen and oxygen atoms in total. The molecule has 0 saturated heterocycles. The second kappa shape index (κ2) is 7.27. The monoisotopic (exact) mass is 211 g/mol. The Kier molecular flexibility index (Phi) is 6.31. The zero-order chi connectivity index (χ0) is 11.1. The first-order valence-electron chi connectivity index (χ1n) is 6.91. The zero-order valence-corrected chi connectivity index (χ0v) is 10.9. The SMILES string of the molecule is CNC1CCCCCC1CCCC(C)C. The molecule has 0 heterocycles. The summed E-state index contributed by atoms with van der Waals surface area (Å²) in [7, 11) is 2.14. The van der Waals surface area contributed by atoms with Gasteiger partial charge in [0.25, 0.3) is 0 Å². The Morgan fingerprint density at radius 1 is 1.13 bits per heavy atom. The third kappa shape index (κ3) is 5.01. The number of rotatable bonds is 5. The van der Waals surface area contributed by atoms with Crippen molar-refractivity contribution in [3.05, 3.63) is 0 Å². The third-order valence-electron chi connectivity index (χ3n) is 3.89. The Hall–Kier alpha value is -0.0400. The summed E-state index contributed by atoms with van der Waals surface area (Å²) in [4.78, 5) is 0. The van der Waals surface area contributed by atoms with E-state index in [-0.39, 0.29) is 0 Å². The van der Waals surface area contributed by atoms with Crippen LogP contribution in [0.2, 0.25) is 0 Å². The normalized spacial score (nSPS) is 28.0. The van der Waals surface area contributed by atoms with Gasteiger partial charge in [-0.15, -0.1) is 0 Å². The Bertz CT molecular complexity index is 153. The van der Waals surface area contributed by atoms with Crippen molar-refractivity contribution in [1.29, 1.82) is 0 Å². The van der Waals surface area contributed by atoms with E-state index in [9.17, 15) is 0 Å². The second-order valence-electron chi connectivity index (χ2n) is 5.62. The molecule has 0 aliphatic heterocycles. The highest BCUT2D eigenvalue weighted by atomic mass is 14.9. The fourth-order valence-corrected chi connectivity index (χ4v) is 2.90. The van der Waals surface area contributed by atoms with Gasteiger partial charge in [-0.05, 0) is 38.1 Å². The first-order valence-corrected chi connectivity index (χ1v) is 6.91. The molecule has 0 amide bonds. The van der Waals surface area contributed by atoms with Gasteiger partial charge in [0.2, 0.25) is 0 Å². The smallest absolute Gasteiger partial charge is 0.00923 e. The molecular weight excluding hydrogens is 182 g/mol. The molecule has 90 valence electrons. The molecule has 0 bridgehead atoms. The first-order chi connectivity index (χ1) is 7.24. The van der Waals surface area contributed by atoms with Crippen molar-refractivity contribution in [2.24, 2.45) is 11.8 Å². The molecule has 1 fully saturated rings. The highest BCUT2D eigenvalue weighted by molar-refractivity contribution is 4.78. The van der Waals surface area contributed by atoms with Crippen LogP contribution in [0.3, 0.4) is 0 Å². The maximum atomic E-state index is 3.53. The van der Waals surface area contributed by atoms with Gasteiger partial charge < -0.3 is 5.32 Å². The van der Waals surface area contributed by atoms with E-state index in [1.165, 1.54) is 51.4 Å². The Balaban J connectivity index is 2.28. The van der Waals surface area contributed by atoms with Crippen LogP contribution in [0.4, 0.5) is 0 Å².